The number of benzene rings is 1. The molecule has 1 fully saturated rings. The number of anilines is 1. The molecule has 0 aromatic heterocycles. The van der Waals surface area contributed by atoms with Gasteiger partial charge in [0.05, 0.1) is 5.25 Å². The second-order valence-corrected chi connectivity index (χ2v) is 7.27. The molecule has 7 heteroatoms. The van der Waals surface area contributed by atoms with Crippen LogP contribution in [0.3, 0.4) is 0 Å². The van der Waals surface area contributed by atoms with E-state index in [1.54, 1.807) is 24.3 Å². The molecule has 1 aromatic carbocycles. The molecule has 2 amide bonds. The lowest BCUT2D eigenvalue weighted by molar-refractivity contribution is 0.256. The summed E-state index contributed by atoms with van der Waals surface area (Å²) in [7, 11) is -3.60. The maximum atomic E-state index is 12.0. The lowest BCUT2D eigenvalue weighted by Gasteiger charge is -2.21. The molecular weight excluding hydrogens is 300 g/mol. The van der Waals surface area contributed by atoms with Crippen LogP contribution in [0.5, 0.6) is 0 Å². The Hall–Kier alpha value is -1.27. The third kappa shape index (κ3) is 4.11. The standard InChI is InChI=1S/C13H17ClN2O3S/c14-10-6-8-11(9-7-10)15-13(17)16-20(18,19)12-4-2-1-3-5-12/h6-9,12H,1-5H2,(H2,15,16,17). The minimum Gasteiger partial charge on any atom is -0.307 e. The van der Waals surface area contributed by atoms with Gasteiger partial charge in [0.15, 0.2) is 0 Å². The van der Waals surface area contributed by atoms with Crippen LogP contribution in [0, 0.1) is 0 Å². The summed E-state index contributed by atoms with van der Waals surface area (Å²) in [6.07, 6.45) is 4.07. The predicted molar refractivity (Wildman–Crippen MR) is 79.4 cm³/mol. The summed E-state index contributed by atoms with van der Waals surface area (Å²) in [6, 6.07) is 5.71. The fourth-order valence-corrected chi connectivity index (χ4v) is 3.83. The summed E-state index contributed by atoms with van der Waals surface area (Å²) in [5.41, 5.74) is 0.491. The molecular formula is C13H17ClN2O3S. The second kappa shape index (κ2) is 6.45. The summed E-state index contributed by atoms with van der Waals surface area (Å²) in [5.74, 6) is 0. The Labute approximate surface area is 123 Å². The third-order valence-corrected chi connectivity index (χ3v) is 5.40. The summed E-state index contributed by atoms with van der Waals surface area (Å²) in [6.45, 7) is 0. The highest BCUT2D eigenvalue weighted by molar-refractivity contribution is 7.90. The van der Waals surface area contributed by atoms with Gasteiger partial charge in [-0.2, -0.15) is 0 Å². The summed E-state index contributed by atoms with van der Waals surface area (Å²) in [5, 5.41) is 2.56. The van der Waals surface area contributed by atoms with Gasteiger partial charge in [-0.1, -0.05) is 30.9 Å². The normalized spacial score (nSPS) is 16.6. The van der Waals surface area contributed by atoms with Gasteiger partial charge >= 0.3 is 6.03 Å². The van der Waals surface area contributed by atoms with Crippen LogP contribution in [0.2, 0.25) is 5.02 Å². The molecule has 0 unspecified atom stereocenters. The molecule has 0 atom stereocenters. The minimum absolute atomic E-state index is 0.466. The molecule has 2 N–H and O–H groups in total. The number of sulfonamides is 1. The molecule has 0 saturated heterocycles. The zero-order chi connectivity index (χ0) is 14.6. The van der Waals surface area contributed by atoms with Crippen LogP contribution in [-0.2, 0) is 10.0 Å². The van der Waals surface area contributed by atoms with E-state index in [1.165, 1.54) is 0 Å². The first-order valence-electron chi connectivity index (χ1n) is 6.55. The van der Waals surface area contributed by atoms with Gasteiger partial charge in [0.25, 0.3) is 0 Å². The van der Waals surface area contributed by atoms with Gasteiger partial charge in [-0.05, 0) is 37.1 Å². The van der Waals surface area contributed by atoms with Crippen molar-refractivity contribution >= 4 is 33.3 Å². The number of halogens is 1. The van der Waals surface area contributed by atoms with Crippen LogP contribution < -0.4 is 10.0 Å². The quantitative estimate of drug-likeness (QED) is 0.899. The van der Waals surface area contributed by atoms with E-state index in [4.69, 9.17) is 11.6 Å². The van der Waals surface area contributed by atoms with E-state index in [0.29, 0.717) is 23.6 Å². The Morgan fingerprint density at radius 2 is 1.70 bits per heavy atom. The third-order valence-electron chi connectivity index (χ3n) is 3.33. The number of hydrogen-bond donors (Lipinski definition) is 2. The van der Waals surface area contributed by atoms with Crippen molar-refractivity contribution in [2.24, 2.45) is 0 Å². The van der Waals surface area contributed by atoms with Gasteiger partial charge < -0.3 is 5.32 Å². The largest absolute Gasteiger partial charge is 0.332 e. The monoisotopic (exact) mass is 316 g/mol. The number of rotatable bonds is 3. The summed E-state index contributed by atoms with van der Waals surface area (Å²) >= 11 is 5.73. The van der Waals surface area contributed by atoms with E-state index >= 15 is 0 Å². The van der Waals surface area contributed by atoms with Gasteiger partial charge in [-0.25, -0.2) is 17.9 Å². The smallest absolute Gasteiger partial charge is 0.307 e. The summed E-state index contributed by atoms with van der Waals surface area (Å²) in [4.78, 5) is 11.7. The van der Waals surface area contributed by atoms with Gasteiger partial charge in [-0.15, -0.1) is 0 Å². The highest BCUT2D eigenvalue weighted by Crippen LogP contribution is 2.23. The molecule has 1 aromatic rings. The highest BCUT2D eigenvalue weighted by atomic mass is 35.5. The van der Waals surface area contributed by atoms with Crippen LogP contribution in [-0.4, -0.2) is 19.7 Å². The van der Waals surface area contributed by atoms with E-state index in [1.807, 2.05) is 0 Å². The number of hydrogen-bond acceptors (Lipinski definition) is 3. The predicted octanol–water partition coefficient (Wildman–Crippen LogP) is 3.12. The average Bonchev–Trinajstić information content (AvgIpc) is 2.42. The molecule has 1 saturated carbocycles. The Balaban J connectivity index is 1.94. The van der Waals surface area contributed by atoms with Crippen molar-refractivity contribution in [3.63, 3.8) is 0 Å². The van der Waals surface area contributed by atoms with E-state index in [9.17, 15) is 13.2 Å². The van der Waals surface area contributed by atoms with Gasteiger partial charge in [0.2, 0.25) is 10.0 Å². The SMILES string of the molecule is O=C(Nc1ccc(Cl)cc1)NS(=O)(=O)C1CCCCC1. The Morgan fingerprint density at radius 1 is 1.10 bits per heavy atom. The lowest BCUT2D eigenvalue weighted by atomic mass is 10.0. The van der Waals surface area contributed by atoms with Crippen molar-refractivity contribution in [2.45, 2.75) is 37.4 Å². The van der Waals surface area contributed by atoms with Crippen LogP contribution in [0.25, 0.3) is 0 Å². The minimum atomic E-state index is -3.60. The van der Waals surface area contributed by atoms with E-state index < -0.39 is 21.3 Å². The molecule has 5 nitrogen and oxygen atoms in total. The lowest BCUT2D eigenvalue weighted by Crippen LogP contribution is -2.41. The number of urea groups is 1. The number of carbonyl (C=O) groups excluding carboxylic acids is 1. The van der Waals surface area contributed by atoms with Gasteiger partial charge in [0.1, 0.15) is 0 Å². The van der Waals surface area contributed by atoms with Crippen LogP contribution in [0.1, 0.15) is 32.1 Å². The zero-order valence-corrected chi connectivity index (χ0v) is 12.5. The van der Waals surface area contributed by atoms with Crippen molar-refractivity contribution < 1.29 is 13.2 Å². The van der Waals surface area contributed by atoms with Crippen molar-refractivity contribution in [3.05, 3.63) is 29.3 Å². The highest BCUT2D eigenvalue weighted by Gasteiger charge is 2.28. The molecule has 1 aliphatic carbocycles. The molecule has 20 heavy (non-hydrogen) atoms. The Kier molecular flexibility index (Phi) is 4.88. The number of nitrogens with one attached hydrogen (secondary N) is 2. The maximum absolute atomic E-state index is 12.0. The average molecular weight is 317 g/mol. The number of carbonyl (C=O) groups is 1. The van der Waals surface area contributed by atoms with E-state index in [2.05, 4.69) is 10.0 Å². The van der Waals surface area contributed by atoms with Crippen LogP contribution >= 0.6 is 11.6 Å². The fraction of sp³-hybridized carbons (Fsp3) is 0.462. The zero-order valence-electron chi connectivity index (χ0n) is 10.9. The second-order valence-electron chi connectivity index (χ2n) is 4.87. The molecule has 2 rings (SSSR count). The van der Waals surface area contributed by atoms with E-state index in [0.717, 1.165) is 19.3 Å². The number of amides is 2. The van der Waals surface area contributed by atoms with Crippen LogP contribution in [0.4, 0.5) is 10.5 Å². The maximum Gasteiger partial charge on any atom is 0.332 e. The molecule has 0 heterocycles. The molecule has 110 valence electrons. The van der Waals surface area contributed by atoms with Gasteiger partial charge in [-0.3, -0.25) is 0 Å². The topological polar surface area (TPSA) is 75.3 Å². The Bertz CT molecular complexity index is 566. The molecule has 0 radical (unpaired) electrons. The molecule has 0 bridgehead atoms. The van der Waals surface area contributed by atoms with Gasteiger partial charge in [0, 0.05) is 10.7 Å². The van der Waals surface area contributed by atoms with Crippen molar-refractivity contribution in [2.75, 3.05) is 5.32 Å². The van der Waals surface area contributed by atoms with Crippen molar-refractivity contribution in [3.8, 4) is 0 Å². The summed E-state index contributed by atoms with van der Waals surface area (Å²) < 4.78 is 26.2. The molecule has 0 spiro atoms. The molecule has 1 aliphatic rings. The first-order chi connectivity index (χ1) is 9.47. The fourth-order valence-electron chi connectivity index (χ4n) is 2.28. The van der Waals surface area contributed by atoms with E-state index in [-0.39, 0.29) is 0 Å². The first kappa shape index (κ1) is 15.1. The Morgan fingerprint density at radius 3 is 2.30 bits per heavy atom. The van der Waals surface area contributed by atoms with Crippen molar-refractivity contribution in [1.82, 2.24) is 4.72 Å². The first-order valence-corrected chi connectivity index (χ1v) is 8.48. The van der Waals surface area contributed by atoms with Crippen LogP contribution in [0.15, 0.2) is 24.3 Å². The van der Waals surface area contributed by atoms with Crippen molar-refractivity contribution in [1.29, 1.82) is 0 Å². The molecule has 0 aliphatic heterocycles.